The Morgan fingerprint density at radius 2 is 1.89 bits per heavy atom. The lowest BCUT2D eigenvalue weighted by atomic mass is 9.94. The van der Waals surface area contributed by atoms with Crippen molar-refractivity contribution < 1.29 is 13.5 Å². The van der Waals surface area contributed by atoms with E-state index in [0.717, 1.165) is 58.8 Å². The van der Waals surface area contributed by atoms with E-state index < -0.39 is 11.6 Å². The molecule has 2 aromatic rings. The van der Waals surface area contributed by atoms with E-state index in [2.05, 4.69) is 37.9 Å². The molecule has 0 bridgehead atoms. The zero-order chi connectivity index (χ0) is 26.4. The first-order valence-electron chi connectivity index (χ1n) is 12.5. The highest BCUT2D eigenvalue weighted by Crippen LogP contribution is 2.30. The molecule has 36 heavy (non-hydrogen) atoms. The van der Waals surface area contributed by atoms with Crippen LogP contribution in [0.3, 0.4) is 0 Å². The highest BCUT2D eigenvalue weighted by molar-refractivity contribution is 6.31. The number of benzene rings is 2. The SMILES string of the molecule is C=C(NCC/C(=C/CCC)c1cc(C)c(Cl)cc1C)C1=C(C)C(C)OC(Cc2cc(F)ccc2F)=C1. The molecule has 2 aromatic carbocycles. The van der Waals surface area contributed by atoms with Crippen LogP contribution in [0.1, 0.15) is 62.3 Å². The van der Waals surface area contributed by atoms with Crippen molar-refractivity contribution in [1.82, 2.24) is 5.32 Å². The summed E-state index contributed by atoms with van der Waals surface area (Å²) >= 11 is 6.33. The van der Waals surface area contributed by atoms with E-state index in [4.69, 9.17) is 16.3 Å². The second kappa shape index (κ2) is 12.4. The van der Waals surface area contributed by atoms with Crippen molar-refractivity contribution in [3.05, 3.63) is 111 Å². The van der Waals surface area contributed by atoms with Crippen LogP contribution in [-0.2, 0) is 11.2 Å². The number of hydrogen-bond donors (Lipinski definition) is 1. The molecule has 0 fully saturated rings. The number of allylic oxidation sites excluding steroid dienone is 3. The molecular weight excluding hydrogens is 476 g/mol. The van der Waals surface area contributed by atoms with Gasteiger partial charge in [0.2, 0.25) is 0 Å². The molecule has 0 saturated heterocycles. The van der Waals surface area contributed by atoms with Gasteiger partial charge in [-0.2, -0.15) is 0 Å². The lowest BCUT2D eigenvalue weighted by molar-refractivity contribution is 0.149. The molecule has 2 nitrogen and oxygen atoms in total. The summed E-state index contributed by atoms with van der Waals surface area (Å²) in [5.74, 6) is -0.323. The largest absolute Gasteiger partial charge is 0.490 e. The lowest BCUT2D eigenvalue weighted by Crippen LogP contribution is -2.22. The van der Waals surface area contributed by atoms with Gasteiger partial charge in [0.15, 0.2) is 0 Å². The summed E-state index contributed by atoms with van der Waals surface area (Å²) < 4.78 is 33.8. The minimum absolute atomic E-state index is 0.178. The van der Waals surface area contributed by atoms with E-state index in [0.29, 0.717) is 12.3 Å². The van der Waals surface area contributed by atoms with Crippen molar-refractivity contribution in [3.63, 3.8) is 0 Å². The first-order chi connectivity index (χ1) is 17.1. The molecule has 1 N–H and O–H groups in total. The van der Waals surface area contributed by atoms with Gasteiger partial charge in [-0.25, -0.2) is 8.78 Å². The Balaban J connectivity index is 1.74. The molecule has 1 heterocycles. The molecule has 0 spiro atoms. The van der Waals surface area contributed by atoms with E-state index in [-0.39, 0.29) is 18.1 Å². The van der Waals surface area contributed by atoms with Gasteiger partial charge in [-0.3, -0.25) is 0 Å². The maximum atomic E-state index is 14.2. The van der Waals surface area contributed by atoms with Crippen molar-refractivity contribution in [2.24, 2.45) is 0 Å². The Kier molecular flexibility index (Phi) is 9.56. The maximum Gasteiger partial charge on any atom is 0.127 e. The molecule has 1 aliphatic rings. The third-order valence-corrected chi connectivity index (χ3v) is 7.04. The minimum atomic E-state index is -0.466. The summed E-state index contributed by atoms with van der Waals surface area (Å²) in [4.78, 5) is 0. The number of aryl methyl sites for hydroxylation is 2. The monoisotopic (exact) mass is 511 g/mol. The van der Waals surface area contributed by atoms with E-state index >= 15 is 0 Å². The Morgan fingerprint density at radius 1 is 1.14 bits per heavy atom. The summed E-state index contributed by atoms with van der Waals surface area (Å²) in [6.45, 7) is 15.2. The van der Waals surface area contributed by atoms with Crippen molar-refractivity contribution in [2.75, 3.05) is 6.54 Å². The van der Waals surface area contributed by atoms with Crippen LogP contribution < -0.4 is 5.32 Å². The van der Waals surface area contributed by atoms with Crippen molar-refractivity contribution >= 4 is 17.2 Å². The van der Waals surface area contributed by atoms with Crippen molar-refractivity contribution in [3.8, 4) is 0 Å². The second-order valence-electron chi connectivity index (χ2n) is 9.47. The van der Waals surface area contributed by atoms with Crippen LogP contribution in [0.4, 0.5) is 8.78 Å². The minimum Gasteiger partial charge on any atom is -0.490 e. The van der Waals surface area contributed by atoms with E-state index in [1.807, 2.05) is 32.9 Å². The number of ether oxygens (including phenoxy) is 1. The number of nitrogens with one attached hydrogen (secondary N) is 1. The number of unbranched alkanes of at least 4 members (excludes halogenated alkanes) is 1. The first-order valence-corrected chi connectivity index (χ1v) is 12.9. The first kappa shape index (κ1) is 27.7. The fraction of sp³-hybridized carbons (Fsp3) is 0.355. The lowest BCUT2D eigenvalue weighted by Gasteiger charge is -2.27. The van der Waals surface area contributed by atoms with Crippen LogP contribution in [0.5, 0.6) is 0 Å². The summed E-state index contributed by atoms with van der Waals surface area (Å²) in [6.07, 6.45) is 7.12. The average Bonchev–Trinajstić information content (AvgIpc) is 2.83. The zero-order valence-corrected chi connectivity index (χ0v) is 22.7. The average molecular weight is 512 g/mol. The molecule has 1 unspecified atom stereocenters. The zero-order valence-electron chi connectivity index (χ0n) is 21.9. The molecule has 0 aromatic heterocycles. The van der Waals surface area contributed by atoms with Gasteiger partial charge in [-0.05, 0) is 104 Å². The predicted octanol–water partition coefficient (Wildman–Crippen LogP) is 8.77. The normalized spacial score (nSPS) is 16.1. The molecule has 0 aliphatic carbocycles. The molecule has 192 valence electrons. The van der Waals surface area contributed by atoms with Crippen LogP contribution in [0.2, 0.25) is 5.02 Å². The quantitative estimate of drug-likeness (QED) is 0.344. The number of rotatable bonds is 10. The van der Waals surface area contributed by atoms with Gasteiger partial charge in [0, 0.05) is 29.3 Å². The van der Waals surface area contributed by atoms with Gasteiger partial charge < -0.3 is 10.1 Å². The second-order valence-corrected chi connectivity index (χ2v) is 9.88. The van der Waals surface area contributed by atoms with Gasteiger partial charge in [0.05, 0.1) is 0 Å². The molecule has 1 aliphatic heterocycles. The predicted molar refractivity (Wildman–Crippen MR) is 147 cm³/mol. The van der Waals surface area contributed by atoms with Crippen LogP contribution in [0.25, 0.3) is 5.57 Å². The van der Waals surface area contributed by atoms with E-state index in [9.17, 15) is 8.78 Å². The molecule has 1 atom stereocenters. The molecular formula is C31H36ClF2NO. The molecule has 0 radical (unpaired) electrons. The molecule has 5 heteroatoms. The summed E-state index contributed by atoms with van der Waals surface area (Å²) in [5.41, 5.74) is 7.80. The van der Waals surface area contributed by atoms with Crippen LogP contribution >= 0.6 is 11.6 Å². The number of hydrogen-bond acceptors (Lipinski definition) is 2. The van der Waals surface area contributed by atoms with Crippen molar-refractivity contribution in [2.45, 2.75) is 66.4 Å². The topological polar surface area (TPSA) is 21.3 Å². The Hall–Kier alpha value is -2.85. The van der Waals surface area contributed by atoms with E-state index in [1.54, 1.807) is 0 Å². The Bertz CT molecular complexity index is 1230. The van der Waals surface area contributed by atoms with Crippen molar-refractivity contribution in [1.29, 1.82) is 0 Å². The third kappa shape index (κ3) is 6.88. The fourth-order valence-corrected chi connectivity index (χ4v) is 4.58. The van der Waals surface area contributed by atoms with Gasteiger partial charge in [-0.1, -0.05) is 43.7 Å². The highest BCUT2D eigenvalue weighted by atomic mass is 35.5. The summed E-state index contributed by atoms with van der Waals surface area (Å²) in [5, 5.41) is 4.26. The van der Waals surface area contributed by atoms with Gasteiger partial charge in [0.1, 0.15) is 23.5 Å². The Morgan fingerprint density at radius 3 is 2.61 bits per heavy atom. The van der Waals surface area contributed by atoms with Crippen LogP contribution in [0, 0.1) is 25.5 Å². The standard InChI is InChI=1S/C31H36ClF2NO/c1-7-8-9-24(28-14-20(3)30(32)15-19(28)2)12-13-35-22(5)29-18-27(36-23(6)21(29)4)17-25-16-26(33)10-11-31(25)34/h9-11,14-16,18,23,35H,5,7-8,12-13,17H2,1-4,6H3/b24-9-. The molecule has 0 saturated carbocycles. The van der Waals surface area contributed by atoms with Crippen LogP contribution in [-0.4, -0.2) is 12.6 Å². The van der Waals surface area contributed by atoms with Crippen LogP contribution in [0.15, 0.2) is 71.7 Å². The molecule has 3 rings (SSSR count). The van der Waals surface area contributed by atoms with E-state index in [1.165, 1.54) is 22.8 Å². The highest BCUT2D eigenvalue weighted by Gasteiger charge is 2.21. The third-order valence-electron chi connectivity index (χ3n) is 6.63. The number of halogens is 3. The summed E-state index contributed by atoms with van der Waals surface area (Å²) in [7, 11) is 0. The van der Waals surface area contributed by atoms with Gasteiger partial charge in [-0.15, -0.1) is 0 Å². The summed E-state index contributed by atoms with van der Waals surface area (Å²) in [6, 6.07) is 7.68. The van der Waals surface area contributed by atoms with Gasteiger partial charge >= 0.3 is 0 Å². The smallest absolute Gasteiger partial charge is 0.127 e. The Labute approximate surface area is 219 Å². The maximum absolute atomic E-state index is 14.2. The van der Waals surface area contributed by atoms with Gasteiger partial charge in [0.25, 0.3) is 0 Å². The fourth-order valence-electron chi connectivity index (χ4n) is 4.36. The molecule has 0 amide bonds.